The maximum absolute atomic E-state index is 12.5. The fourth-order valence-electron chi connectivity index (χ4n) is 2.75. The van der Waals surface area contributed by atoms with Crippen LogP contribution in [0.1, 0.15) is 11.1 Å². The molecule has 1 aliphatic rings. The highest BCUT2D eigenvalue weighted by molar-refractivity contribution is 5.99. The first-order valence-corrected chi connectivity index (χ1v) is 6.99. The van der Waals surface area contributed by atoms with Gasteiger partial charge in [0.05, 0.1) is 24.9 Å². The van der Waals surface area contributed by atoms with Gasteiger partial charge in [-0.3, -0.25) is 4.79 Å². The lowest BCUT2D eigenvalue weighted by Gasteiger charge is -2.19. The van der Waals surface area contributed by atoms with Crippen molar-refractivity contribution < 1.29 is 9.53 Å². The first kappa shape index (κ1) is 13.5. The zero-order chi connectivity index (χ0) is 14.8. The molecule has 0 spiro atoms. The third-order valence-corrected chi connectivity index (χ3v) is 3.84. The number of carbonyl (C=O) groups is 1. The Morgan fingerprint density at radius 3 is 2.71 bits per heavy atom. The fraction of sp³-hybridized carbons (Fsp3) is 0.235. The van der Waals surface area contributed by atoms with E-state index in [1.807, 2.05) is 42.5 Å². The zero-order valence-corrected chi connectivity index (χ0v) is 12.0. The first-order valence-electron chi connectivity index (χ1n) is 6.99. The number of benzene rings is 2. The van der Waals surface area contributed by atoms with Gasteiger partial charge >= 0.3 is 0 Å². The van der Waals surface area contributed by atoms with Crippen molar-refractivity contribution in [2.24, 2.45) is 0 Å². The summed E-state index contributed by atoms with van der Waals surface area (Å²) < 4.78 is 5.12. The zero-order valence-electron chi connectivity index (χ0n) is 12.0. The average molecular weight is 282 g/mol. The highest BCUT2D eigenvalue weighted by Gasteiger charge is 2.26. The monoisotopic (exact) mass is 282 g/mol. The smallest absolute Gasteiger partial charge is 0.231 e. The van der Waals surface area contributed by atoms with Crippen molar-refractivity contribution in [1.29, 1.82) is 0 Å². The van der Waals surface area contributed by atoms with Gasteiger partial charge in [0.25, 0.3) is 0 Å². The van der Waals surface area contributed by atoms with Crippen molar-refractivity contribution in [3.63, 3.8) is 0 Å². The molecule has 0 unspecified atom stereocenters. The number of carbonyl (C=O) groups excluding carboxylic acids is 1. The van der Waals surface area contributed by atoms with Gasteiger partial charge in [0.1, 0.15) is 5.75 Å². The number of ether oxygens (including phenoxy) is 1. The lowest BCUT2D eigenvalue weighted by molar-refractivity contribution is -0.117. The molecule has 0 atom stereocenters. The summed E-state index contributed by atoms with van der Waals surface area (Å²) >= 11 is 0. The Morgan fingerprint density at radius 1 is 1.24 bits per heavy atom. The van der Waals surface area contributed by atoms with Crippen LogP contribution in [0.4, 0.5) is 11.4 Å². The van der Waals surface area contributed by atoms with E-state index in [1.165, 1.54) is 0 Å². The number of nitrogens with zero attached hydrogens (tertiary/aromatic N) is 1. The van der Waals surface area contributed by atoms with Crippen LogP contribution in [0, 0.1) is 0 Å². The Balaban J connectivity index is 1.78. The van der Waals surface area contributed by atoms with E-state index in [1.54, 1.807) is 12.0 Å². The summed E-state index contributed by atoms with van der Waals surface area (Å²) in [5.41, 5.74) is 9.71. The molecular weight excluding hydrogens is 264 g/mol. The van der Waals surface area contributed by atoms with Crippen LogP contribution in [0.2, 0.25) is 0 Å². The van der Waals surface area contributed by atoms with Crippen LogP contribution < -0.4 is 15.4 Å². The molecule has 4 heteroatoms. The number of fused-ring (bicyclic) bond motifs is 1. The van der Waals surface area contributed by atoms with Crippen LogP contribution in [0.3, 0.4) is 0 Å². The molecule has 0 bridgehead atoms. The van der Waals surface area contributed by atoms with E-state index in [-0.39, 0.29) is 5.91 Å². The van der Waals surface area contributed by atoms with Crippen molar-refractivity contribution in [1.82, 2.24) is 0 Å². The SMILES string of the molecule is COc1ccc(CC(=O)N2CCc3cccc(N)c32)cc1. The fourth-order valence-corrected chi connectivity index (χ4v) is 2.75. The summed E-state index contributed by atoms with van der Waals surface area (Å²) in [5, 5.41) is 0. The Bertz CT molecular complexity index is 665. The molecule has 2 N–H and O–H groups in total. The van der Waals surface area contributed by atoms with E-state index in [9.17, 15) is 4.79 Å². The second-order valence-corrected chi connectivity index (χ2v) is 5.18. The molecular formula is C17H18N2O2. The third kappa shape index (κ3) is 2.57. The van der Waals surface area contributed by atoms with Crippen LogP contribution in [-0.4, -0.2) is 19.6 Å². The maximum Gasteiger partial charge on any atom is 0.231 e. The quantitative estimate of drug-likeness (QED) is 0.880. The number of anilines is 2. The van der Waals surface area contributed by atoms with Gasteiger partial charge in [-0.15, -0.1) is 0 Å². The minimum absolute atomic E-state index is 0.0804. The molecule has 0 aromatic heterocycles. The highest BCUT2D eigenvalue weighted by atomic mass is 16.5. The van der Waals surface area contributed by atoms with Gasteiger partial charge in [-0.05, 0) is 35.7 Å². The van der Waals surface area contributed by atoms with E-state index in [0.29, 0.717) is 18.7 Å². The Morgan fingerprint density at radius 2 is 2.00 bits per heavy atom. The normalized spacial score (nSPS) is 13.1. The third-order valence-electron chi connectivity index (χ3n) is 3.84. The van der Waals surface area contributed by atoms with Crippen LogP contribution in [0.25, 0.3) is 0 Å². The van der Waals surface area contributed by atoms with Gasteiger partial charge in [-0.2, -0.15) is 0 Å². The summed E-state index contributed by atoms with van der Waals surface area (Å²) in [6.45, 7) is 0.707. The minimum atomic E-state index is 0.0804. The van der Waals surface area contributed by atoms with Gasteiger partial charge in [-0.25, -0.2) is 0 Å². The van der Waals surface area contributed by atoms with Gasteiger partial charge in [-0.1, -0.05) is 24.3 Å². The second-order valence-electron chi connectivity index (χ2n) is 5.18. The summed E-state index contributed by atoms with van der Waals surface area (Å²) in [5.74, 6) is 0.874. The topological polar surface area (TPSA) is 55.6 Å². The van der Waals surface area contributed by atoms with E-state index < -0.39 is 0 Å². The molecule has 2 aromatic carbocycles. The molecule has 21 heavy (non-hydrogen) atoms. The van der Waals surface area contributed by atoms with E-state index in [2.05, 4.69) is 0 Å². The van der Waals surface area contributed by atoms with Crippen molar-refractivity contribution in [3.05, 3.63) is 53.6 Å². The molecule has 0 radical (unpaired) electrons. The lowest BCUT2D eigenvalue weighted by atomic mass is 10.1. The number of amides is 1. The van der Waals surface area contributed by atoms with Gasteiger partial charge < -0.3 is 15.4 Å². The molecule has 0 fully saturated rings. The Hall–Kier alpha value is -2.49. The molecule has 3 rings (SSSR count). The molecule has 4 nitrogen and oxygen atoms in total. The van der Waals surface area contributed by atoms with Crippen molar-refractivity contribution in [2.75, 3.05) is 24.3 Å². The summed E-state index contributed by atoms with van der Waals surface area (Å²) in [6.07, 6.45) is 1.24. The Labute approximate surface area is 124 Å². The molecule has 108 valence electrons. The molecule has 0 aliphatic carbocycles. The number of hydrogen-bond acceptors (Lipinski definition) is 3. The molecule has 1 heterocycles. The predicted octanol–water partition coefficient (Wildman–Crippen LogP) is 2.41. The van der Waals surface area contributed by atoms with Crippen molar-refractivity contribution >= 4 is 17.3 Å². The van der Waals surface area contributed by atoms with Crippen molar-refractivity contribution in [3.8, 4) is 5.75 Å². The maximum atomic E-state index is 12.5. The largest absolute Gasteiger partial charge is 0.497 e. The van der Waals surface area contributed by atoms with Gasteiger partial charge in [0.2, 0.25) is 5.91 Å². The molecule has 1 aliphatic heterocycles. The summed E-state index contributed by atoms with van der Waals surface area (Å²) in [7, 11) is 1.63. The van der Waals surface area contributed by atoms with E-state index in [4.69, 9.17) is 10.5 Å². The Kier molecular flexibility index (Phi) is 3.52. The number of methoxy groups -OCH3 is 1. The summed E-state index contributed by atoms with van der Waals surface area (Å²) in [4.78, 5) is 14.3. The predicted molar refractivity (Wildman–Crippen MR) is 83.6 cm³/mol. The van der Waals surface area contributed by atoms with Gasteiger partial charge in [0, 0.05) is 6.54 Å². The van der Waals surface area contributed by atoms with Gasteiger partial charge in [0.15, 0.2) is 0 Å². The van der Waals surface area contributed by atoms with Crippen LogP contribution in [-0.2, 0) is 17.6 Å². The van der Waals surface area contributed by atoms with Crippen molar-refractivity contribution in [2.45, 2.75) is 12.8 Å². The van der Waals surface area contributed by atoms with E-state index >= 15 is 0 Å². The summed E-state index contributed by atoms with van der Waals surface area (Å²) in [6, 6.07) is 13.4. The average Bonchev–Trinajstić information content (AvgIpc) is 2.93. The molecule has 2 aromatic rings. The lowest BCUT2D eigenvalue weighted by Crippen LogP contribution is -2.30. The number of rotatable bonds is 3. The second kappa shape index (κ2) is 5.48. The molecule has 0 saturated heterocycles. The molecule has 0 saturated carbocycles. The van der Waals surface area contributed by atoms with Crippen LogP contribution in [0.15, 0.2) is 42.5 Å². The minimum Gasteiger partial charge on any atom is -0.497 e. The number of para-hydroxylation sites is 1. The first-order chi connectivity index (χ1) is 10.2. The number of nitrogen functional groups attached to an aromatic ring is 1. The standard InChI is InChI=1S/C17H18N2O2/c1-21-14-7-5-12(6-8-14)11-16(20)19-10-9-13-3-2-4-15(18)17(13)19/h2-8H,9-11,18H2,1H3. The number of nitrogens with two attached hydrogens (primary N) is 1. The molecule has 1 amide bonds. The highest BCUT2D eigenvalue weighted by Crippen LogP contribution is 2.33. The van der Waals surface area contributed by atoms with E-state index in [0.717, 1.165) is 29.0 Å². The number of hydrogen-bond donors (Lipinski definition) is 1. The van der Waals surface area contributed by atoms with Crippen LogP contribution in [0.5, 0.6) is 5.75 Å². The van der Waals surface area contributed by atoms with Crippen LogP contribution >= 0.6 is 0 Å².